The van der Waals surface area contributed by atoms with Gasteiger partial charge in [-0.05, 0) is 55.8 Å². The number of hydrogen-bond acceptors (Lipinski definition) is 4. The Morgan fingerprint density at radius 2 is 1.62 bits per heavy atom. The van der Waals surface area contributed by atoms with E-state index in [-0.39, 0.29) is 37.0 Å². The van der Waals surface area contributed by atoms with Crippen LogP contribution in [-0.2, 0) is 22.3 Å². The van der Waals surface area contributed by atoms with Crippen LogP contribution in [0.3, 0.4) is 0 Å². The number of amides is 2. The number of alkyl halides is 3. The average molecular weight is 450 g/mol. The van der Waals surface area contributed by atoms with Gasteiger partial charge >= 0.3 is 6.18 Å². The molecule has 1 heterocycles. The van der Waals surface area contributed by atoms with Gasteiger partial charge in [0.15, 0.2) is 6.61 Å². The summed E-state index contributed by atoms with van der Waals surface area (Å²) in [6.45, 7) is 4.86. The van der Waals surface area contributed by atoms with Gasteiger partial charge in [0, 0.05) is 25.2 Å². The molecule has 1 aliphatic rings. The van der Waals surface area contributed by atoms with E-state index >= 15 is 0 Å². The summed E-state index contributed by atoms with van der Waals surface area (Å²) in [7, 11) is 0. The van der Waals surface area contributed by atoms with Gasteiger partial charge in [-0.2, -0.15) is 13.2 Å². The number of nitrogens with one attached hydrogen (secondary N) is 1. The molecule has 6 nitrogen and oxygen atoms in total. The quantitative estimate of drug-likeness (QED) is 0.730. The lowest BCUT2D eigenvalue weighted by atomic mass is 10.1. The summed E-state index contributed by atoms with van der Waals surface area (Å²) in [5.74, 6) is -0.309. The molecule has 0 aromatic heterocycles. The van der Waals surface area contributed by atoms with Gasteiger partial charge in [0.05, 0.1) is 17.8 Å². The molecule has 0 saturated carbocycles. The molecule has 3 rings (SSSR count). The maximum absolute atomic E-state index is 12.7. The summed E-state index contributed by atoms with van der Waals surface area (Å²) < 4.78 is 48.5. The fraction of sp³-hybridized carbons (Fsp3) is 0.391. The van der Waals surface area contributed by atoms with Gasteiger partial charge in [0.25, 0.3) is 11.8 Å². The molecule has 2 aromatic rings. The zero-order valence-electron chi connectivity index (χ0n) is 17.8. The SMILES string of the molecule is CC1CN(C(=O)c2ccc(CNC(=O)COc3ccc(C(F)(F)F)cc3)cc2)CC(C)O1. The molecule has 0 spiro atoms. The predicted octanol–water partition coefficient (Wildman–Crippen LogP) is 3.65. The molecule has 0 radical (unpaired) electrons. The molecule has 9 heteroatoms. The first kappa shape index (κ1) is 23.6. The smallest absolute Gasteiger partial charge is 0.416 e. The van der Waals surface area contributed by atoms with Crippen LogP contribution in [0.25, 0.3) is 0 Å². The molecule has 0 bridgehead atoms. The minimum absolute atomic E-state index is 0.0121. The van der Waals surface area contributed by atoms with Crippen LogP contribution < -0.4 is 10.1 Å². The fourth-order valence-corrected chi connectivity index (χ4v) is 3.43. The highest BCUT2D eigenvalue weighted by Crippen LogP contribution is 2.30. The molecule has 1 saturated heterocycles. The highest BCUT2D eigenvalue weighted by Gasteiger charge is 2.30. The zero-order valence-corrected chi connectivity index (χ0v) is 17.8. The first-order valence-electron chi connectivity index (χ1n) is 10.2. The van der Waals surface area contributed by atoms with Gasteiger partial charge in [-0.25, -0.2) is 0 Å². The monoisotopic (exact) mass is 450 g/mol. The fourth-order valence-electron chi connectivity index (χ4n) is 3.43. The van der Waals surface area contributed by atoms with Crippen LogP contribution in [0.5, 0.6) is 5.75 Å². The maximum atomic E-state index is 12.7. The van der Waals surface area contributed by atoms with Crippen LogP contribution in [-0.4, -0.2) is 48.6 Å². The molecule has 1 fully saturated rings. The summed E-state index contributed by atoms with van der Waals surface area (Å²) in [5, 5.41) is 2.67. The van der Waals surface area contributed by atoms with E-state index in [9.17, 15) is 22.8 Å². The summed E-state index contributed by atoms with van der Waals surface area (Å²) in [6, 6.07) is 11.1. The molecule has 2 amide bonds. The van der Waals surface area contributed by atoms with Crippen LogP contribution in [0, 0.1) is 0 Å². The highest BCUT2D eigenvalue weighted by molar-refractivity contribution is 5.94. The number of ether oxygens (including phenoxy) is 2. The van der Waals surface area contributed by atoms with Crippen LogP contribution in [0.1, 0.15) is 35.3 Å². The lowest BCUT2D eigenvalue weighted by Crippen LogP contribution is -2.48. The van der Waals surface area contributed by atoms with E-state index in [1.165, 1.54) is 12.1 Å². The number of hydrogen-bond donors (Lipinski definition) is 1. The highest BCUT2D eigenvalue weighted by atomic mass is 19.4. The van der Waals surface area contributed by atoms with E-state index < -0.39 is 17.6 Å². The van der Waals surface area contributed by atoms with Crippen LogP contribution in [0.2, 0.25) is 0 Å². The van der Waals surface area contributed by atoms with E-state index in [1.807, 2.05) is 13.8 Å². The number of carbonyl (C=O) groups is 2. The van der Waals surface area contributed by atoms with E-state index in [0.29, 0.717) is 18.7 Å². The van der Waals surface area contributed by atoms with E-state index in [4.69, 9.17) is 9.47 Å². The molecular formula is C23H25F3N2O4. The lowest BCUT2D eigenvalue weighted by molar-refractivity contribution is -0.137. The van der Waals surface area contributed by atoms with Crippen molar-refractivity contribution >= 4 is 11.8 Å². The summed E-state index contributed by atoms with van der Waals surface area (Å²) in [4.78, 5) is 26.4. The first-order chi connectivity index (χ1) is 15.1. The zero-order chi connectivity index (χ0) is 23.3. The third-order valence-electron chi connectivity index (χ3n) is 4.95. The normalized spacial score (nSPS) is 18.8. The first-order valence-corrected chi connectivity index (χ1v) is 10.2. The Morgan fingerprint density at radius 1 is 1.03 bits per heavy atom. The summed E-state index contributed by atoms with van der Waals surface area (Å²) in [6.07, 6.45) is -4.45. The molecule has 2 unspecified atom stereocenters. The Balaban J connectivity index is 1.45. The van der Waals surface area contributed by atoms with Gasteiger partial charge < -0.3 is 19.7 Å². The number of benzene rings is 2. The number of carbonyl (C=O) groups excluding carboxylic acids is 2. The molecular weight excluding hydrogens is 425 g/mol. The van der Waals surface area contributed by atoms with Crippen molar-refractivity contribution in [3.05, 3.63) is 65.2 Å². The van der Waals surface area contributed by atoms with Gasteiger partial charge in [-0.15, -0.1) is 0 Å². The summed E-state index contributed by atoms with van der Waals surface area (Å²) >= 11 is 0. The van der Waals surface area contributed by atoms with Gasteiger partial charge in [0.2, 0.25) is 0 Å². The second kappa shape index (κ2) is 10.0. The third kappa shape index (κ3) is 6.46. The lowest BCUT2D eigenvalue weighted by Gasteiger charge is -2.35. The van der Waals surface area contributed by atoms with Crippen molar-refractivity contribution in [2.45, 2.75) is 38.8 Å². The Labute approximate surface area is 184 Å². The largest absolute Gasteiger partial charge is 0.484 e. The predicted molar refractivity (Wildman–Crippen MR) is 111 cm³/mol. The van der Waals surface area contributed by atoms with Gasteiger partial charge in [-0.1, -0.05) is 12.1 Å². The Kier molecular flexibility index (Phi) is 7.40. The molecule has 1 aliphatic heterocycles. The molecule has 1 N–H and O–H groups in total. The molecule has 172 valence electrons. The van der Waals surface area contributed by atoms with Crippen molar-refractivity contribution in [1.82, 2.24) is 10.2 Å². The minimum atomic E-state index is -4.42. The van der Waals surface area contributed by atoms with E-state index in [1.54, 1.807) is 29.2 Å². The standard InChI is InChI=1S/C23H25F3N2O4/c1-15-12-28(13-16(2)32-15)22(30)18-5-3-17(4-6-18)11-27-21(29)14-31-20-9-7-19(8-10-20)23(24,25)26/h3-10,15-16H,11-14H2,1-2H3,(H,27,29). The Hall–Kier alpha value is -3.07. The second-order valence-corrected chi connectivity index (χ2v) is 7.75. The van der Waals surface area contributed by atoms with Crippen molar-refractivity contribution in [2.75, 3.05) is 19.7 Å². The van der Waals surface area contributed by atoms with Crippen LogP contribution in [0.15, 0.2) is 48.5 Å². The Bertz CT molecular complexity index is 920. The maximum Gasteiger partial charge on any atom is 0.416 e. The van der Waals surface area contributed by atoms with Crippen molar-refractivity contribution in [1.29, 1.82) is 0 Å². The molecule has 0 aliphatic carbocycles. The van der Waals surface area contributed by atoms with Gasteiger partial charge in [0.1, 0.15) is 5.75 Å². The van der Waals surface area contributed by atoms with Crippen molar-refractivity contribution in [3.63, 3.8) is 0 Å². The molecule has 32 heavy (non-hydrogen) atoms. The van der Waals surface area contributed by atoms with Crippen molar-refractivity contribution in [3.8, 4) is 5.75 Å². The molecule has 2 atom stereocenters. The number of rotatable bonds is 6. The Morgan fingerprint density at radius 3 is 2.19 bits per heavy atom. The van der Waals surface area contributed by atoms with Crippen LogP contribution >= 0.6 is 0 Å². The van der Waals surface area contributed by atoms with Crippen LogP contribution in [0.4, 0.5) is 13.2 Å². The topological polar surface area (TPSA) is 67.9 Å². The minimum Gasteiger partial charge on any atom is -0.484 e. The van der Waals surface area contributed by atoms with Crippen molar-refractivity contribution in [2.24, 2.45) is 0 Å². The van der Waals surface area contributed by atoms with E-state index in [0.717, 1.165) is 17.7 Å². The van der Waals surface area contributed by atoms with Crippen molar-refractivity contribution < 1.29 is 32.2 Å². The molecule has 2 aromatic carbocycles. The number of halogens is 3. The second-order valence-electron chi connectivity index (χ2n) is 7.75. The van der Waals surface area contributed by atoms with Gasteiger partial charge in [-0.3, -0.25) is 9.59 Å². The average Bonchev–Trinajstić information content (AvgIpc) is 2.75. The number of morpholine rings is 1. The number of nitrogens with zero attached hydrogens (tertiary/aromatic N) is 1. The summed E-state index contributed by atoms with van der Waals surface area (Å²) in [5.41, 5.74) is 0.578. The van der Waals surface area contributed by atoms with E-state index in [2.05, 4.69) is 5.32 Å². The third-order valence-corrected chi connectivity index (χ3v) is 4.95.